The highest BCUT2D eigenvalue weighted by Crippen LogP contribution is 2.34. The van der Waals surface area contributed by atoms with Crippen LogP contribution in [0.2, 0.25) is 5.28 Å². The maximum Gasteiger partial charge on any atom is 0.204 e. The van der Waals surface area contributed by atoms with Crippen molar-refractivity contribution in [3.8, 4) is 0 Å². The Kier molecular flexibility index (Phi) is 3.14. The molecule has 0 saturated heterocycles. The largest absolute Gasteiger partial charge is 0.319 e. The third-order valence-electron chi connectivity index (χ3n) is 2.69. The molecule has 2 heterocycles. The lowest BCUT2D eigenvalue weighted by atomic mass is 9.96. The van der Waals surface area contributed by atoms with E-state index >= 15 is 0 Å². The SMILES string of the molecule is CNCC1CCCn2c(Cl)nc(Br)c21. The van der Waals surface area contributed by atoms with Crippen LogP contribution in [0, 0.1) is 0 Å². The average molecular weight is 279 g/mol. The molecule has 1 unspecified atom stereocenters. The standard InChI is InChI=1S/C9H13BrClN3/c1-12-5-6-3-2-4-14-7(6)8(10)13-9(14)11/h6,12H,2-5H2,1H3. The van der Waals surface area contributed by atoms with E-state index < -0.39 is 0 Å². The predicted octanol–water partition coefficient (Wildman–Crippen LogP) is 2.40. The van der Waals surface area contributed by atoms with Crippen LogP contribution in [-0.2, 0) is 6.54 Å². The first-order valence-electron chi connectivity index (χ1n) is 4.80. The van der Waals surface area contributed by atoms with Crippen LogP contribution >= 0.6 is 27.5 Å². The summed E-state index contributed by atoms with van der Waals surface area (Å²) in [5, 5.41) is 3.81. The van der Waals surface area contributed by atoms with Crippen LogP contribution in [0.4, 0.5) is 0 Å². The first kappa shape index (κ1) is 10.5. The van der Waals surface area contributed by atoms with Gasteiger partial charge in [-0.1, -0.05) is 0 Å². The lowest BCUT2D eigenvalue weighted by Gasteiger charge is -2.24. The van der Waals surface area contributed by atoms with Gasteiger partial charge < -0.3 is 9.88 Å². The molecule has 3 nitrogen and oxygen atoms in total. The van der Waals surface area contributed by atoms with Crippen molar-refractivity contribution in [2.45, 2.75) is 25.3 Å². The zero-order chi connectivity index (χ0) is 10.1. The second-order valence-electron chi connectivity index (χ2n) is 3.61. The zero-order valence-electron chi connectivity index (χ0n) is 8.06. The first-order chi connectivity index (χ1) is 6.74. The molecule has 1 aliphatic rings. The molecule has 0 amide bonds. The Labute approximate surface area is 97.0 Å². The number of rotatable bonds is 2. The van der Waals surface area contributed by atoms with E-state index in [9.17, 15) is 0 Å². The van der Waals surface area contributed by atoms with Crippen molar-refractivity contribution >= 4 is 27.5 Å². The van der Waals surface area contributed by atoms with Gasteiger partial charge in [-0.05, 0) is 47.4 Å². The molecule has 1 atom stereocenters. The molecule has 0 radical (unpaired) electrons. The van der Waals surface area contributed by atoms with E-state index in [1.54, 1.807) is 0 Å². The van der Waals surface area contributed by atoms with Gasteiger partial charge in [0.2, 0.25) is 5.28 Å². The smallest absolute Gasteiger partial charge is 0.204 e. The quantitative estimate of drug-likeness (QED) is 0.900. The van der Waals surface area contributed by atoms with E-state index in [1.165, 1.54) is 18.5 Å². The third-order valence-corrected chi connectivity index (χ3v) is 3.56. The maximum absolute atomic E-state index is 6.03. The molecule has 78 valence electrons. The summed E-state index contributed by atoms with van der Waals surface area (Å²) in [6.45, 7) is 1.98. The molecular weight excluding hydrogens is 265 g/mol. The van der Waals surface area contributed by atoms with Crippen LogP contribution < -0.4 is 5.32 Å². The Hall–Kier alpha value is -0.0600. The summed E-state index contributed by atoms with van der Waals surface area (Å²) in [5.41, 5.74) is 1.25. The highest BCUT2D eigenvalue weighted by atomic mass is 79.9. The van der Waals surface area contributed by atoms with E-state index in [1.807, 2.05) is 7.05 Å². The summed E-state index contributed by atoms with van der Waals surface area (Å²) in [4.78, 5) is 4.24. The van der Waals surface area contributed by atoms with Crippen molar-refractivity contribution in [1.29, 1.82) is 0 Å². The minimum atomic E-state index is 0.531. The minimum Gasteiger partial charge on any atom is -0.319 e. The second kappa shape index (κ2) is 4.21. The Bertz CT molecular complexity index is 337. The monoisotopic (exact) mass is 277 g/mol. The van der Waals surface area contributed by atoms with Crippen molar-refractivity contribution in [2.75, 3.05) is 13.6 Å². The van der Waals surface area contributed by atoms with Crippen LogP contribution in [0.5, 0.6) is 0 Å². The topological polar surface area (TPSA) is 29.9 Å². The van der Waals surface area contributed by atoms with Crippen molar-refractivity contribution < 1.29 is 0 Å². The molecule has 1 aromatic rings. The fraction of sp³-hybridized carbons (Fsp3) is 0.667. The number of imidazole rings is 1. The van der Waals surface area contributed by atoms with Crippen LogP contribution in [-0.4, -0.2) is 23.1 Å². The number of hydrogen-bond donors (Lipinski definition) is 1. The van der Waals surface area contributed by atoms with Crippen LogP contribution in [0.25, 0.3) is 0 Å². The highest BCUT2D eigenvalue weighted by Gasteiger charge is 2.25. The first-order valence-corrected chi connectivity index (χ1v) is 5.97. The molecule has 14 heavy (non-hydrogen) atoms. The van der Waals surface area contributed by atoms with Gasteiger partial charge in [0.05, 0.1) is 5.69 Å². The van der Waals surface area contributed by atoms with E-state index in [4.69, 9.17) is 11.6 Å². The lowest BCUT2D eigenvalue weighted by Crippen LogP contribution is -2.24. The number of aromatic nitrogens is 2. The molecule has 5 heteroatoms. The molecule has 0 aliphatic carbocycles. The zero-order valence-corrected chi connectivity index (χ0v) is 10.4. The van der Waals surface area contributed by atoms with Gasteiger partial charge in [-0.3, -0.25) is 0 Å². The number of hydrogen-bond acceptors (Lipinski definition) is 2. The number of halogens is 2. The van der Waals surface area contributed by atoms with Crippen molar-refractivity contribution in [3.63, 3.8) is 0 Å². The summed E-state index contributed by atoms with van der Waals surface area (Å²) in [5.74, 6) is 0.531. The minimum absolute atomic E-state index is 0.531. The molecule has 2 rings (SSSR count). The van der Waals surface area contributed by atoms with Gasteiger partial charge in [0.15, 0.2) is 0 Å². The number of likely N-dealkylation sites (N-methyl/N-ethyl adjacent to an activating group) is 1. The number of nitrogens with one attached hydrogen (secondary N) is 1. The molecule has 0 bridgehead atoms. The van der Waals surface area contributed by atoms with E-state index in [0.29, 0.717) is 11.2 Å². The van der Waals surface area contributed by atoms with Gasteiger partial charge in [0.1, 0.15) is 4.60 Å². The molecule has 1 aliphatic heterocycles. The Morgan fingerprint density at radius 3 is 3.21 bits per heavy atom. The summed E-state index contributed by atoms with van der Waals surface area (Å²) >= 11 is 9.50. The van der Waals surface area contributed by atoms with Crippen LogP contribution in [0.15, 0.2) is 4.60 Å². The molecule has 1 aromatic heterocycles. The Morgan fingerprint density at radius 2 is 2.50 bits per heavy atom. The Balaban J connectivity index is 2.37. The average Bonchev–Trinajstić information content (AvgIpc) is 2.44. The van der Waals surface area contributed by atoms with Crippen molar-refractivity contribution in [1.82, 2.24) is 14.9 Å². The summed E-state index contributed by atoms with van der Waals surface area (Å²) < 4.78 is 3.01. The Morgan fingerprint density at radius 1 is 1.71 bits per heavy atom. The molecular formula is C9H13BrClN3. The number of fused-ring (bicyclic) bond motifs is 1. The fourth-order valence-corrected chi connectivity index (χ4v) is 3.16. The second-order valence-corrected chi connectivity index (χ2v) is 4.69. The summed E-state index contributed by atoms with van der Waals surface area (Å²) in [6.07, 6.45) is 2.39. The number of nitrogens with zero attached hydrogens (tertiary/aromatic N) is 2. The summed E-state index contributed by atoms with van der Waals surface area (Å²) in [7, 11) is 1.98. The highest BCUT2D eigenvalue weighted by molar-refractivity contribution is 9.10. The van der Waals surface area contributed by atoms with Gasteiger partial charge >= 0.3 is 0 Å². The molecule has 0 spiro atoms. The van der Waals surface area contributed by atoms with Crippen molar-refractivity contribution in [2.24, 2.45) is 0 Å². The van der Waals surface area contributed by atoms with Gasteiger partial charge in [-0.25, -0.2) is 4.98 Å². The van der Waals surface area contributed by atoms with Crippen LogP contribution in [0.1, 0.15) is 24.5 Å². The lowest BCUT2D eigenvalue weighted by molar-refractivity contribution is 0.442. The predicted molar refractivity (Wildman–Crippen MR) is 60.8 cm³/mol. The third kappa shape index (κ3) is 1.71. The van der Waals surface area contributed by atoms with Gasteiger partial charge in [0, 0.05) is 19.0 Å². The van der Waals surface area contributed by atoms with Crippen molar-refractivity contribution in [3.05, 3.63) is 15.6 Å². The molecule has 0 saturated carbocycles. The molecule has 0 fully saturated rings. The van der Waals surface area contributed by atoms with E-state index in [2.05, 4.69) is 30.8 Å². The molecule has 0 aromatic carbocycles. The summed E-state index contributed by atoms with van der Waals surface area (Å²) in [6, 6.07) is 0. The van der Waals surface area contributed by atoms with E-state index in [-0.39, 0.29) is 0 Å². The maximum atomic E-state index is 6.03. The fourth-order valence-electron chi connectivity index (χ4n) is 2.09. The normalized spacial score (nSPS) is 20.9. The van der Waals surface area contributed by atoms with Gasteiger partial charge in [-0.2, -0.15) is 0 Å². The van der Waals surface area contributed by atoms with Gasteiger partial charge in [-0.15, -0.1) is 0 Å². The molecule has 1 N–H and O–H groups in total. The van der Waals surface area contributed by atoms with Crippen LogP contribution in [0.3, 0.4) is 0 Å². The van der Waals surface area contributed by atoms with E-state index in [0.717, 1.165) is 17.7 Å². The van der Waals surface area contributed by atoms with Gasteiger partial charge in [0.25, 0.3) is 0 Å².